The van der Waals surface area contributed by atoms with Crippen molar-refractivity contribution in [3.8, 4) is 6.07 Å². The highest BCUT2D eigenvalue weighted by Crippen LogP contribution is 2.23. The first-order chi connectivity index (χ1) is 13.0. The Bertz CT molecular complexity index is 957. The molecule has 3 aromatic rings. The van der Waals surface area contributed by atoms with Crippen LogP contribution in [0.3, 0.4) is 0 Å². The Morgan fingerprint density at radius 2 is 1.85 bits per heavy atom. The molecule has 0 aliphatic rings. The monoisotopic (exact) mass is 378 g/mol. The van der Waals surface area contributed by atoms with E-state index in [2.05, 4.69) is 41.5 Å². The molecule has 0 radical (unpaired) electrons. The maximum atomic E-state index is 12.2. The van der Waals surface area contributed by atoms with Crippen LogP contribution in [-0.4, -0.2) is 21.4 Å². The fourth-order valence-corrected chi connectivity index (χ4v) is 3.21. The predicted molar refractivity (Wildman–Crippen MR) is 104 cm³/mol. The van der Waals surface area contributed by atoms with E-state index in [9.17, 15) is 4.79 Å². The highest BCUT2D eigenvalue weighted by Gasteiger charge is 2.12. The first-order valence-electron chi connectivity index (χ1n) is 8.43. The summed E-state index contributed by atoms with van der Waals surface area (Å²) in [6.07, 6.45) is 0.492. The van der Waals surface area contributed by atoms with Crippen LogP contribution in [0.5, 0.6) is 0 Å². The molecule has 6 nitrogen and oxygen atoms in total. The van der Waals surface area contributed by atoms with Gasteiger partial charge in [-0.3, -0.25) is 10.1 Å². The van der Waals surface area contributed by atoms with Crippen LogP contribution >= 0.6 is 11.8 Å². The van der Waals surface area contributed by atoms with Crippen molar-refractivity contribution in [1.29, 1.82) is 5.26 Å². The Hall–Kier alpha value is -3.11. The Balaban J connectivity index is 1.60. The highest BCUT2D eigenvalue weighted by atomic mass is 32.2. The molecule has 3 rings (SSSR count). The van der Waals surface area contributed by atoms with E-state index in [4.69, 9.17) is 9.68 Å². The van der Waals surface area contributed by atoms with Crippen LogP contribution in [0.4, 0.5) is 6.01 Å². The summed E-state index contributed by atoms with van der Waals surface area (Å²) in [6, 6.07) is 16.6. The second-order valence-electron chi connectivity index (χ2n) is 6.13. The average Bonchev–Trinajstić information content (AvgIpc) is 3.09. The minimum atomic E-state index is -0.371. The van der Waals surface area contributed by atoms with Crippen LogP contribution in [0.1, 0.15) is 41.2 Å². The largest absolute Gasteiger partial charge is 0.407 e. The van der Waals surface area contributed by atoms with E-state index < -0.39 is 0 Å². The fraction of sp³-hybridized carbons (Fsp3) is 0.200. The van der Waals surface area contributed by atoms with Gasteiger partial charge in [-0.05, 0) is 42.0 Å². The summed E-state index contributed by atoms with van der Waals surface area (Å²) in [5.74, 6) is 0.0548. The summed E-state index contributed by atoms with van der Waals surface area (Å²) in [6.45, 7) is 4.31. The third kappa shape index (κ3) is 5.19. The molecule has 0 spiro atoms. The number of amides is 1. The molecule has 136 valence electrons. The van der Waals surface area contributed by atoms with Crippen molar-refractivity contribution in [3.63, 3.8) is 0 Å². The van der Waals surface area contributed by atoms with E-state index >= 15 is 0 Å². The SMILES string of the molecule is CC(C)Sc1ccc(Cc2nnc(NC(=O)c3ccc(C#N)cc3)o2)cc1. The lowest BCUT2D eigenvalue weighted by Gasteiger charge is -2.05. The molecule has 2 aromatic carbocycles. The fourth-order valence-electron chi connectivity index (χ4n) is 2.37. The zero-order chi connectivity index (χ0) is 19.2. The van der Waals surface area contributed by atoms with Crippen molar-refractivity contribution >= 4 is 23.7 Å². The molecule has 1 amide bonds. The van der Waals surface area contributed by atoms with E-state index in [-0.39, 0.29) is 11.9 Å². The lowest BCUT2D eigenvalue weighted by molar-refractivity contribution is 0.102. The number of hydrogen-bond donors (Lipinski definition) is 1. The lowest BCUT2D eigenvalue weighted by atomic mass is 10.1. The van der Waals surface area contributed by atoms with Gasteiger partial charge >= 0.3 is 6.01 Å². The number of carbonyl (C=O) groups excluding carboxylic acids is 1. The van der Waals surface area contributed by atoms with Gasteiger partial charge in [0.25, 0.3) is 5.91 Å². The molecule has 27 heavy (non-hydrogen) atoms. The molecular formula is C20H18N4O2S. The molecule has 7 heteroatoms. The van der Waals surface area contributed by atoms with Crippen LogP contribution in [0.15, 0.2) is 57.8 Å². The van der Waals surface area contributed by atoms with Crippen LogP contribution in [0.25, 0.3) is 0 Å². The zero-order valence-corrected chi connectivity index (χ0v) is 15.8. The normalized spacial score (nSPS) is 10.6. The van der Waals surface area contributed by atoms with E-state index in [0.717, 1.165) is 5.56 Å². The maximum absolute atomic E-state index is 12.2. The second-order valence-corrected chi connectivity index (χ2v) is 7.78. The molecule has 1 aromatic heterocycles. The first kappa shape index (κ1) is 18.7. The van der Waals surface area contributed by atoms with Crippen molar-refractivity contribution in [1.82, 2.24) is 10.2 Å². The second kappa shape index (κ2) is 8.52. The molecule has 0 aliphatic carbocycles. The smallest absolute Gasteiger partial charge is 0.322 e. The van der Waals surface area contributed by atoms with Crippen LogP contribution in [0.2, 0.25) is 0 Å². The third-order valence-electron chi connectivity index (χ3n) is 3.61. The Labute approximate surface area is 161 Å². The number of rotatable bonds is 6. The van der Waals surface area contributed by atoms with Crippen molar-refractivity contribution in [3.05, 3.63) is 71.1 Å². The van der Waals surface area contributed by atoms with Crippen LogP contribution in [0, 0.1) is 11.3 Å². The van der Waals surface area contributed by atoms with E-state index in [0.29, 0.717) is 28.7 Å². The van der Waals surface area contributed by atoms with Gasteiger partial charge in [0.05, 0.1) is 18.1 Å². The number of nitrogens with one attached hydrogen (secondary N) is 1. The number of aromatic nitrogens is 2. The number of benzene rings is 2. The molecule has 1 heterocycles. The van der Waals surface area contributed by atoms with Gasteiger partial charge in [-0.15, -0.1) is 16.9 Å². The summed E-state index contributed by atoms with van der Waals surface area (Å²) < 4.78 is 5.51. The number of nitriles is 1. The van der Waals surface area contributed by atoms with Gasteiger partial charge in [0.2, 0.25) is 5.89 Å². The third-order valence-corrected chi connectivity index (χ3v) is 4.63. The number of thioether (sulfide) groups is 1. The number of carbonyl (C=O) groups is 1. The zero-order valence-electron chi connectivity index (χ0n) is 15.0. The van der Waals surface area contributed by atoms with E-state index in [1.807, 2.05) is 30.0 Å². The maximum Gasteiger partial charge on any atom is 0.322 e. The van der Waals surface area contributed by atoms with Crippen LogP contribution < -0.4 is 5.32 Å². The minimum Gasteiger partial charge on any atom is -0.407 e. The lowest BCUT2D eigenvalue weighted by Crippen LogP contribution is -2.12. The summed E-state index contributed by atoms with van der Waals surface area (Å²) >= 11 is 1.81. The average molecular weight is 378 g/mol. The van der Waals surface area contributed by atoms with Gasteiger partial charge in [-0.2, -0.15) is 5.26 Å². The van der Waals surface area contributed by atoms with E-state index in [1.54, 1.807) is 24.3 Å². The molecule has 0 aliphatic heterocycles. The topological polar surface area (TPSA) is 91.8 Å². The van der Waals surface area contributed by atoms with Crippen molar-refractivity contribution in [2.24, 2.45) is 0 Å². The summed E-state index contributed by atoms with van der Waals surface area (Å²) in [5.41, 5.74) is 1.95. The first-order valence-corrected chi connectivity index (χ1v) is 9.31. The van der Waals surface area contributed by atoms with Gasteiger partial charge in [0.1, 0.15) is 0 Å². The molecule has 0 saturated carbocycles. The van der Waals surface area contributed by atoms with Crippen molar-refractivity contribution in [2.75, 3.05) is 5.32 Å². The summed E-state index contributed by atoms with van der Waals surface area (Å²) in [5, 5.41) is 19.7. The highest BCUT2D eigenvalue weighted by molar-refractivity contribution is 7.99. The Kier molecular flexibility index (Phi) is 5.89. The van der Waals surface area contributed by atoms with Crippen molar-refractivity contribution < 1.29 is 9.21 Å². The van der Waals surface area contributed by atoms with Gasteiger partial charge in [0, 0.05) is 15.7 Å². The van der Waals surface area contributed by atoms with Gasteiger partial charge in [0.15, 0.2) is 0 Å². The predicted octanol–water partition coefficient (Wildman–Crippen LogP) is 4.28. The van der Waals surface area contributed by atoms with Gasteiger partial charge in [-0.25, -0.2) is 0 Å². The molecule has 0 bridgehead atoms. The van der Waals surface area contributed by atoms with Gasteiger partial charge in [-0.1, -0.05) is 31.1 Å². The molecular weight excluding hydrogens is 360 g/mol. The minimum absolute atomic E-state index is 0.0475. The summed E-state index contributed by atoms with van der Waals surface area (Å²) in [7, 11) is 0. The molecule has 0 saturated heterocycles. The number of hydrogen-bond acceptors (Lipinski definition) is 6. The number of anilines is 1. The molecule has 0 unspecified atom stereocenters. The van der Waals surface area contributed by atoms with E-state index in [1.165, 1.54) is 4.90 Å². The quantitative estimate of drug-likeness (QED) is 0.644. The Morgan fingerprint density at radius 1 is 1.15 bits per heavy atom. The molecule has 0 atom stereocenters. The Morgan fingerprint density at radius 3 is 2.48 bits per heavy atom. The number of nitrogens with zero attached hydrogens (tertiary/aromatic N) is 3. The van der Waals surface area contributed by atoms with Gasteiger partial charge < -0.3 is 4.42 Å². The molecule has 0 fully saturated rings. The summed E-state index contributed by atoms with van der Waals surface area (Å²) in [4.78, 5) is 13.4. The molecule has 1 N–H and O–H groups in total. The van der Waals surface area contributed by atoms with Crippen LogP contribution in [-0.2, 0) is 6.42 Å². The standard InChI is InChI=1S/C20H18N4O2S/c1-13(2)27-17-9-5-14(6-10-17)11-18-23-24-20(26-18)22-19(25)16-7-3-15(12-21)4-8-16/h3-10,13H,11H2,1-2H3,(H,22,24,25). The van der Waals surface area contributed by atoms with Crippen molar-refractivity contribution in [2.45, 2.75) is 30.4 Å².